The molecule has 0 saturated heterocycles. The topological polar surface area (TPSA) is 34.4 Å². The lowest BCUT2D eigenvalue weighted by molar-refractivity contribution is -0.117. The summed E-state index contributed by atoms with van der Waals surface area (Å²) < 4.78 is 2.07. The molecule has 4 aromatic rings. The highest BCUT2D eigenvalue weighted by Gasteiger charge is 2.17. The quantitative estimate of drug-likeness (QED) is 0.500. The summed E-state index contributed by atoms with van der Waals surface area (Å²) in [6.45, 7) is 4.13. The normalized spacial score (nSPS) is 11.2. The lowest BCUT2D eigenvalue weighted by Gasteiger charge is -2.06. The molecule has 0 radical (unpaired) electrons. The highest BCUT2D eigenvalue weighted by atomic mass is 32.1. The van der Waals surface area contributed by atoms with Crippen molar-refractivity contribution in [3.05, 3.63) is 81.8 Å². The largest absolute Gasteiger partial charge is 0.303 e. The highest BCUT2D eigenvalue weighted by Crippen LogP contribution is 2.26. The van der Waals surface area contributed by atoms with Crippen LogP contribution in [0.15, 0.2) is 60.1 Å². The number of ketones is 1. The molecule has 26 heavy (non-hydrogen) atoms. The van der Waals surface area contributed by atoms with Gasteiger partial charge in [0.15, 0.2) is 0 Å². The van der Waals surface area contributed by atoms with Gasteiger partial charge in [0.2, 0.25) is 0 Å². The van der Waals surface area contributed by atoms with Crippen LogP contribution in [0.25, 0.3) is 16.9 Å². The smallest absolute Gasteiger partial charge is 0.144 e. The van der Waals surface area contributed by atoms with Gasteiger partial charge in [-0.15, -0.1) is 11.3 Å². The van der Waals surface area contributed by atoms with Gasteiger partial charge in [0.25, 0.3) is 0 Å². The number of nitrogens with zero attached hydrogens (tertiary/aromatic N) is 2. The minimum atomic E-state index is 0.212. The van der Waals surface area contributed by atoms with Gasteiger partial charge in [-0.25, -0.2) is 4.98 Å². The van der Waals surface area contributed by atoms with Crippen LogP contribution in [0.2, 0.25) is 0 Å². The number of imidazole rings is 1. The molecule has 130 valence electrons. The zero-order chi connectivity index (χ0) is 18.1. The number of aryl methyl sites for hydroxylation is 2. The lowest BCUT2D eigenvalue weighted by atomic mass is 10.0. The van der Waals surface area contributed by atoms with E-state index >= 15 is 0 Å². The summed E-state index contributed by atoms with van der Waals surface area (Å²) in [5, 5.41) is 2.01. The van der Waals surface area contributed by atoms with Gasteiger partial charge in [-0.3, -0.25) is 4.79 Å². The summed E-state index contributed by atoms with van der Waals surface area (Å²) in [4.78, 5) is 18.6. The summed E-state index contributed by atoms with van der Waals surface area (Å²) in [6.07, 6.45) is 2.92. The Morgan fingerprint density at radius 3 is 2.50 bits per heavy atom. The molecule has 0 atom stereocenters. The average molecular weight is 360 g/mol. The predicted molar refractivity (Wildman–Crippen MR) is 107 cm³/mol. The van der Waals surface area contributed by atoms with Crippen LogP contribution in [0.4, 0.5) is 0 Å². The molecule has 0 aliphatic rings. The van der Waals surface area contributed by atoms with Crippen molar-refractivity contribution >= 4 is 22.8 Å². The van der Waals surface area contributed by atoms with E-state index in [1.54, 1.807) is 11.3 Å². The van der Waals surface area contributed by atoms with Crippen LogP contribution in [0.3, 0.4) is 0 Å². The maximum atomic E-state index is 12.7. The molecule has 0 fully saturated rings. The fourth-order valence-corrected chi connectivity index (χ4v) is 3.90. The number of aromatic nitrogens is 2. The van der Waals surface area contributed by atoms with Gasteiger partial charge >= 0.3 is 0 Å². The molecule has 0 aliphatic carbocycles. The molecule has 3 heterocycles. The SMILES string of the molecule is Cc1ccc(-c2nc3ccc(C)cn3c2CC(=O)Cc2cccs2)cc1. The maximum Gasteiger partial charge on any atom is 0.144 e. The lowest BCUT2D eigenvalue weighted by Crippen LogP contribution is -2.08. The molecule has 0 amide bonds. The molecular formula is C22H20N2OS. The summed E-state index contributed by atoms with van der Waals surface area (Å²) in [7, 11) is 0. The second-order valence-electron chi connectivity index (χ2n) is 6.68. The highest BCUT2D eigenvalue weighted by molar-refractivity contribution is 7.10. The van der Waals surface area contributed by atoms with Crippen molar-refractivity contribution in [3.8, 4) is 11.3 Å². The zero-order valence-electron chi connectivity index (χ0n) is 14.9. The summed E-state index contributed by atoms with van der Waals surface area (Å²) in [6, 6.07) is 16.4. The third kappa shape index (κ3) is 3.33. The van der Waals surface area contributed by atoms with Gasteiger partial charge in [0, 0.05) is 29.5 Å². The van der Waals surface area contributed by atoms with E-state index in [9.17, 15) is 4.79 Å². The number of benzene rings is 1. The first-order valence-corrected chi connectivity index (χ1v) is 9.57. The first-order valence-electron chi connectivity index (χ1n) is 8.69. The Morgan fingerprint density at radius 2 is 1.77 bits per heavy atom. The fourth-order valence-electron chi connectivity index (χ4n) is 3.17. The van der Waals surface area contributed by atoms with Gasteiger partial charge in [-0.2, -0.15) is 0 Å². The molecule has 4 rings (SSSR count). The third-order valence-electron chi connectivity index (χ3n) is 4.51. The average Bonchev–Trinajstić information content (AvgIpc) is 3.24. The molecule has 3 nitrogen and oxygen atoms in total. The second kappa shape index (κ2) is 6.89. The van der Waals surface area contributed by atoms with Crippen LogP contribution < -0.4 is 0 Å². The van der Waals surface area contributed by atoms with Crippen LogP contribution in [0.1, 0.15) is 21.7 Å². The molecule has 4 heteroatoms. The van der Waals surface area contributed by atoms with Crippen molar-refractivity contribution in [2.24, 2.45) is 0 Å². The number of hydrogen-bond acceptors (Lipinski definition) is 3. The Hall–Kier alpha value is -2.72. The van der Waals surface area contributed by atoms with Crippen LogP contribution in [-0.4, -0.2) is 15.2 Å². The molecule has 0 saturated carbocycles. The van der Waals surface area contributed by atoms with Crippen LogP contribution in [-0.2, 0) is 17.6 Å². The molecular weight excluding hydrogens is 340 g/mol. The van der Waals surface area contributed by atoms with Crippen LogP contribution in [0.5, 0.6) is 0 Å². The first-order chi connectivity index (χ1) is 12.6. The van der Waals surface area contributed by atoms with Crippen molar-refractivity contribution in [1.29, 1.82) is 0 Å². The zero-order valence-corrected chi connectivity index (χ0v) is 15.7. The van der Waals surface area contributed by atoms with E-state index in [0.717, 1.165) is 33.0 Å². The van der Waals surface area contributed by atoms with Gasteiger partial charge in [0.05, 0.1) is 11.4 Å². The van der Waals surface area contributed by atoms with Gasteiger partial charge in [-0.1, -0.05) is 42.0 Å². The van der Waals surface area contributed by atoms with Crippen LogP contribution >= 0.6 is 11.3 Å². The monoisotopic (exact) mass is 360 g/mol. The van der Waals surface area contributed by atoms with Gasteiger partial charge < -0.3 is 4.40 Å². The first kappa shape index (κ1) is 16.7. The number of rotatable bonds is 5. The summed E-state index contributed by atoms with van der Waals surface area (Å²) in [5.74, 6) is 0.212. The molecule has 0 aliphatic heterocycles. The molecule has 1 aromatic carbocycles. The Kier molecular flexibility index (Phi) is 4.43. The Bertz CT molecular complexity index is 1060. The molecule has 3 aromatic heterocycles. The Labute approximate surface area is 157 Å². The predicted octanol–water partition coefficient (Wildman–Crippen LogP) is 5.03. The number of hydrogen-bond donors (Lipinski definition) is 0. The molecule has 0 unspecified atom stereocenters. The van der Waals surface area contributed by atoms with Crippen molar-refractivity contribution in [2.75, 3.05) is 0 Å². The van der Waals surface area contributed by atoms with E-state index in [1.807, 2.05) is 23.6 Å². The van der Waals surface area contributed by atoms with E-state index in [1.165, 1.54) is 5.56 Å². The number of fused-ring (bicyclic) bond motifs is 1. The number of pyridine rings is 1. The number of thiophene rings is 1. The van der Waals surface area contributed by atoms with Crippen molar-refractivity contribution < 1.29 is 4.79 Å². The van der Waals surface area contributed by atoms with E-state index in [-0.39, 0.29) is 5.78 Å². The fraction of sp³-hybridized carbons (Fsp3) is 0.182. The minimum Gasteiger partial charge on any atom is -0.303 e. The third-order valence-corrected chi connectivity index (χ3v) is 5.38. The molecule has 0 spiro atoms. The van der Waals surface area contributed by atoms with E-state index in [4.69, 9.17) is 4.98 Å². The van der Waals surface area contributed by atoms with Crippen LogP contribution in [0, 0.1) is 13.8 Å². The number of carbonyl (C=O) groups is 1. The number of Topliss-reactive ketones (excluding diaryl/α,β-unsaturated/α-hetero) is 1. The Morgan fingerprint density at radius 1 is 1.00 bits per heavy atom. The molecule has 0 bridgehead atoms. The maximum absolute atomic E-state index is 12.7. The standard InChI is InChI=1S/C22H20N2OS/c1-15-5-8-17(9-6-15)22-20(13-18(25)12-19-4-3-11-26-19)24-14-16(2)7-10-21(24)23-22/h3-11,14H,12-13H2,1-2H3. The minimum absolute atomic E-state index is 0.212. The second-order valence-corrected chi connectivity index (χ2v) is 7.71. The van der Waals surface area contributed by atoms with Crippen molar-refractivity contribution in [2.45, 2.75) is 26.7 Å². The Balaban J connectivity index is 1.77. The van der Waals surface area contributed by atoms with Crippen molar-refractivity contribution in [3.63, 3.8) is 0 Å². The number of carbonyl (C=O) groups excluding carboxylic acids is 1. The van der Waals surface area contributed by atoms with Crippen molar-refractivity contribution in [1.82, 2.24) is 9.38 Å². The molecule has 0 N–H and O–H groups in total. The van der Waals surface area contributed by atoms with E-state index < -0.39 is 0 Å². The summed E-state index contributed by atoms with van der Waals surface area (Å²) >= 11 is 1.63. The summed E-state index contributed by atoms with van der Waals surface area (Å²) in [5.41, 5.74) is 6.16. The van der Waals surface area contributed by atoms with Gasteiger partial charge in [-0.05, 0) is 36.9 Å². The van der Waals surface area contributed by atoms with Gasteiger partial charge in [0.1, 0.15) is 11.4 Å². The van der Waals surface area contributed by atoms with E-state index in [0.29, 0.717) is 12.8 Å². The van der Waals surface area contributed by atoms with E-state index in [2.05, 4.69) is 54.8 Å².